The van der Waals surface area contributed by atoms with Crippen molar-refractivity contribution in [1.82, 2.24) is 20.2 Å². The molecule has 24 heavy (non-hydrogen) atoms. The number of ether oxygens (including phenoxy) is 1. The Bertz CT molecular complexity index is 852. The van der Waals surface area contributed by atoms with Crippen molar-refractivity contribution in [3.05, 3.63) is 59.4 Å². The van der Waals surface area contributed by atoms with E-state index in [0.717, 1.165) is 5.69 Å². The molecule has 8 heteroatoms. The summed E-state index contributed by atoms with van der Waals surface area (Å²) >= 11 is 6.30. The fourth-order valence-electron chi connectivity index (χ4n) is 2.28. The van der Waals surface area contributed by atoms with Crippen LogP contribution in [0, 0.1) is 0 Å². The summed E-state index contributed by atoms with van der Waals surface area (Å²) < 4.78 is 6.76. The van der Waals surface area contributed by atoms with Gasteiger partial charge in [0.1, 0.15) is 12.1 Å². The highest BCUT2D eigenvalue weighted by Gasteiger charge is 2.21. The Morgan fingerprint density at radius 3 is 2.62 bits per heavy atom. The monoisotopic (exact) mass is 343 g/mol. The van der Waals surface area contributed by atoms with E-state index in [1.165, 1.54) is 23.0 Å². The van der Waals surface area contributed by atoms with Crippen molar-refractivity contribution in [2.45, 2.75) is 0 Å². The zero-order chi connectivity index (χ0) is 17.1. The number of halogens is 1. The second-order valence-electron chi connectivity index (χ2n) is 4.96. The number of tetrazole rings is 1. The van der Waals surface area contributed by atoms with E-state index in [9.17, 15) is 4.79 Å². The molecule has 0 aliphatic rings. The molecule has 3 aromatic rings. The average Bonchev–Trinajstić information content (AvgIpc) is 3.15. The number of aromatic nitrogens is 4. The minimum Gasteiger partial charge on any atom is -0.496 e. The number of rotatable bonds is 4. The van der Waals surface area contributed by atoms with Crippen LogP contribution in [0.25, 0.3) is 5.69 Å². The van der Waals surface area contributed by atoms with Crippen molar-refractivity contribution in [1.29, 1.82) is 0 Å². The van der Waals surface area contributed by atoms with Crippen molar-refractivity contribution in [3.8, 4) is 11.4 Å². The number of methoxy groups -OCH3 is 1. The molecule has 7 nitrogen and oxygen atoms in total. The van der Waals surface area contributed by atoms with Crippen molar-refractivity contribution < 1.29 is 9.53 Å². The molecule has 0 saturated heterocycles. The topological polar surface area (TPSA) is 73.1 Å². The average molecular weight is 344 g/mol. The molecular weight excluding hydrogens is 330 g/mol. The van der Waals surface area contributed by atoms with E-state index >= 15 is 0 Å². The molecule has 0 unspecified atom stereocenters. The van der Waals surface area contributed by atoms with Crippen LogP contribution in [0.4, 0.5) is 5.69 Å². The number of benzene rings is 2. The SMILES string of the molecule is COc1cc(-n2cnnn2)c(Cl)cc1C(=O)N(C)c1ccccc1. The highest BCUT2D eigenvalue weighted by atomic mass is 35.5. The van der Waals surface area contributed by atoms with Crippen LogP contribution in [0.15, 0.2) is 48.8 Å². The minimum absolute atomic E-state index is 0.233. The van der Waals surface area contributed by atoms with Gasteiger partial charge >= 0.3 is 0 Å². The molecule has 1 heterocycles. The second-order valence-corrected chi connectivity index (χ2v) is 5.37. The Morgan fingerprint density at radius 1 is 1.25 bits per heavy atom. The maximum absolute atomic E-state index is 12.8. The van der Waals surface area contributed by atoms with Gasteiger partial charge in [-0.05, 0) is 28.6 Å². The van der Waals surface area contributed by atoms with Gasteiger partial charge in [-0.3, -0.25) is 4.79 Å². The van der Waals surface area contributed by atoms with Crippen molar-refractivity contribution in [3.63, 3.8) is 0 Å². The molecule has 0 radical (unpaired) electrons. The lowest BCUT2D eigenvalue weighted by Gasteiger charge is -2.19. The lowest BCUT2D eigenvalue weighted by Crippen LogP contribution is -2.26. The van der Waals surface area contributed by atoms with Gasteiger partial charge in [0, 0.05) is 18.8 Å². The van der Waals surface area contributed by atoms with Gasteiger partial charge in [0.05, 0.1) is 23.4 Å². The molecule has 2 aromatic carbocycles. The summed E-state index contributed by atoms with van der Waals surface area (Å²) in [4.78, 5) is 14.3. The van der Waals surface area contributed by atoms with Crippen LogP contribution in [0.2, 0.25) is 5.02 Å². The number of hydrogen-bond acceptors (Lipinski definition) is 5. The maximum atomic E-state index is 12.8. The van der Waals surface area contributed by atoms with Gasteiger partial charge in [-0.25, -0.2) is 0 Å². The Labute approximate surface area is 143 Å². The third-order valence-corrected chi connectivity index (χ3v) is 3.85. The van der Waals surface area contributed by atoms with Gasteiger partial charge in [-0.1, -0.05) is 29.8 Å². The molecule has 122 valence electrons. The summed E-state index contributed by atoms with van der Waals surface area (Å²) in [7, 11) is 3.19. The number of nitrogens with zero attached hydrogens (tertiary/aromatic N) is 5. The van der Waals surface area contributed by atoms with Crippen LogP contribution >= 0.6 is 11.6 Å². The van der Waals surface area contributed by atoms with E-state index in [-0.39, 0.29) is 5.91 Å². The molecule has 0 aliphatic carbocycles. The molecule has 1 amide bonds. The van der Waals surface area contributed by atoms with E-state index in [4.69, 9.17) is 16.3 Å². The van der Waals surface area contributed by atoms with Gasteiger partial charge in [0.2, 0.25) is 0 Å². The largest absolute Gasteiger partial charge is 0.496 e. The lowest BCUT2D eigenvalue weighted by molar-refractivity contribution is 0.0990. The molecular formula is C16H14ClN5O2. The van der Waals surface area contributed by atoms with Gasteiger partial charge in [0.25, 0.3) is 5.91 Å². The summed E-state index contributed by atoms with van der Waals surface area (Å²) in [6.07, 6.45) is 1.41. The predicted molar refractivity (Wildman–Crippen MR) is 89.9 cm³/mol. The van der Waals surface area contributed by atoms with Gasteiger partial charge in [0.15, 0.2) is 0 Å². The Morgan fingerprint density at radius 2 is 2.00 bits per heavy atom. The van der Waals surface area contributed by atoms with Crippen LogP contribution in [0.1, 0.15) is 10.4 Å². The third-order valence-electron chi connectivity index (χ3n) is 3.54. The normalized spacial score (nSPS) is 10.5. The minimum atomic E-state index is -0.233. The molecule has 0 atom stereocenters. The Kier molecular flexibility index (Phi) is 4.43. The third kappa shape index (κ3) is 2.93. The number of anilines is 1. The van der Waals surface area contributed by atoms with E-state index in [1.807, 2.05) is 30.3 Å². The maximum Gasteiger partial charge on any atom is 0.261 e. The molecule has 0 bridgehead atoms. The molecule has 0 saturated carbocycles. The van der Waals surface area contributed by atoms with Crippen LogP contribution in [-0.2, 0) is 0 Å². The van der Waals surface area contributed by atoms with E-state index < -0.39 is 0 Å². The van der Waals surface area contributed by atoms with Gasteiger partial charge in [-0.2, -0.15) is 4.68 Å². The lowest BCUT2D eigenvalue weighted by atomic mass is 10.1. The summed E-state index contributed by atoms with van der Waals surface area (Å²) in [5, 5.41) is 11.3. The second kappa shape index (κ2) is 6.67. The highest BCUT2D eigenvalue weighted by Crippen LogP contribution is 2.30. The van der Waals surface area contributed by atoms with Crippen LogP contribution in [0.5, 0.6) is 5.75 Å². The van der Waals surface area contributed by atoms with E-state index in [1.54, 1.807) is 19.2 Å². The Hall–Kier alpha value is -2.93. The van der Waals surface area contributed by atoms with Crippen LogP contribution in [-0.4, -0.2) is 40.3 Å². The number of para-hydroxylation sites is 1. The molecule has 0 N–H and O–H groups in total. The first-order valence-corrected chi connectivity index (χ1v) is 7.43. The Balaban J connectivity index is 2.02. The van der Waals surface area contributed by atoms with Crippen molar-refractivity contribution in [2.24, 2.45) is 0 Å². The standard InChI is InChI=1S/C16H14ClN5O2/c1-21(11-6-4-3-5-7-11)16(23)12-8-13(17)14(9-15(12)24-2)22-10-18-19-20-22/h3-10H,1-2H3. The van der Waals surface area contributed by atoms with Crippen molar-refractivity contribution in [2.75, 3.05) is 19.1 Å². The number of hydrogen-bond donors (Lipinski definition) is 0. The summed E-state index contributed by atoms with van der Waals surface area (Å²) in [5.74, 6) is 0.154. The van der Waals surface area contributed by atoms with Crippen LogP contribution in [0.3, 0.4) is 0 Å². The number of carbonyl (C=O) groups excluding carboxylic acids is 1. The first-order valence-electron chi connectivity index (χ1n) is 7.06. The van der Waals surface area contributed by atoms with Gasteiger partial charge in [-0.15, -0.1) is 5.10 Å². The fourth-order valence-corrected chi connectivity index (χ4v) is 2.53. The zero-order valence-corrected chi connectivity index (χ0v) is 13.8. The zero-order valence-electron chi connectivity index (χ0n) is 13.0. The molecule has 0 fully saturated rings. The summed E-state index contributed by atoms with van der Waals surface area (Å²) in [5.41, 5.74) is 1.65. The number of carbonyl (C=O) groups is 1. The molecule has 1 aromatic heterocycles. The highest BCUT2D eigenvalue weighted by molar-refractivity contribution is 6.33. The van der Waals surface area contributed by atoms with E-state index in [2.05, 4.69) is 15.5 Å². The molecule has 3 rings (SSSR count). The first-order chi connectivity index (χ1) is 11.6. The van der Waals surface area contributed by atoms with Gasteiger partial charge < -0.3 is 9.64 Å². The van der Waals surface area contributed by atoms with Crippen molar-refractivity contribution >= 4 is 23.2 Å². The first kappa shape index (κ1) is 15.9. The quantitative estimate of drug-likeness (QED) is 0.728. The smallest absolute Gasteiger partial charge is 0.261 e. The fraction of sp³-hybridized carbons (Fsp3) is 0.125. The summed E-state index contributed by atoms with van der Waals surface area (Å²) in [6, 6.07) is 12.5. The summed E-state index contributed by atoms with van der Waals surface area (Å²) in [6.45, 7) is 0. The predicted octanol–water partition coefficient (Wildman–Crippen LogP) is 2.60. The van der Waals surface area contributed by atoms with E-state index in [0.29, 0.717) is 22.0 Å². The molecule has 0 spiro atoms. The number of amides is 1. The van der Waals surface area contributed by atoms with Crippen LogP contribution < -0.4 is 9.64 Å². The molecule has 0 aliphatic heterocycles.